The summed E-state index contributed by atoms with van der Waals surface area (Å²) in [7, 11) is 1.68. The molecule has 4 rings (SSSR count). The quantitative estimate of drug-likeness (QED) is 0.601. The summed E-state index contributed by atoms with van der Waals surface area (Å²) < 4.78 is 7.76. The summed E-state index contributed by atoms with van der Waals surface area (Å²) in [5.74, 6) is 2.41. The Labute approximate surface area is 177 Å². The largest absolute Gasteiger partial charge is 0.496 e. The number of thiol groups is 1. The van der Waals surface area contributed by atoms with Crippen LogP contribution in [0.1, 0.15) is 36.0 Å². The second-order valence-corrected chi connectivity index (χ2v) is 7.81. The van der Waals surface area contributed by atoms with E-state index in [1.807, 2.05) is 42.5 Å². The van der Waals surface area contributed by atoms with Crippen LogP contribution in [0.2, 0.25) is 0 Å². The summed E-state index contributed by atoms with van der Waals surface area (Å²) in [6, 6.07) is 13.8. The third kappa shape index (κ3) is 4.46. The lowest BCUT2D eigenvalue weighted by molar-refractivity contribution is 0.220. The number of methoxy groups -OCH3 is 1. The first-order chi connectivity index (χ1) is 14.3. The van der Waals surface area contributed by atoms with Gasteiger partial charge in [-0.25, -0.2) is 0 Å². The molecule has 1 fully saturated rings. The minimum Gasteiger partial charge on any atom is -0.496 e. The van der Waals surface area contributed by atoms with Gasteiger partial charge in [0.25, 0.3) is 0 Å². The molecule has 1 aliphatic heterocycles. The molecule has 0 radical (unpaired) electrons. The zero-order chi connectivity index (χ0) is 20.1. The van der Waals surface area contributed by atoms with Gasteiger partial charge in [0.05, 0.1) is 18.4 Å². The first-order valence-corrected chi connectivity index (χ1v) is 10.7. The number of hydrogen-bond donors (Lipinski definition) is 1. The van der Waals surface area contributed by atoms with Gasteiger partial charge in [0, 0.05) is 19.3 Å². The van der Waals surface area contributed by atoms with Crippen LogP contribution in [0.5, 0.6) is 5.75 Å². The van der Waals surface area contributed by atoms with Crippen LogP contribution in [-0.4, -0.2) is 51.4 Å². The van der Waals surface area contributed by atoms with Gasteiger partial charge in [0.1, 0.15) is 11.0 Å². The van der Waals surface area contributed by atoms with Crippen molar-refractivity contribution in [2.45, 2.75) is 31.1 Å². The van der Waals surface area contributed by atoms with Crippen molar-refractivity contribution in [3.05, 3.63) is 60.2 Å². The van der Waals surface area contributed by atoms with E-state index in [-0.39, 0.29) is 5.25 Å². The van der Waals surface area contributed by atoms with Crippen molar-refractivity contribution in [2.24, 2.45) is 0 Å². The van der Waals surface area contributed by atoms with Crippen LogP contribution in [-0.2, 0) is 6.54 Å². The van der Waals surface area contributed by atoms with Crippen molar-refractivity contribution >= 4 is 12.6 Å². The molecule has 1 aliphatic rings. The number of aromatic nitrogens is 4. The predicted octanol–water partition coefficient (Wildman–Crippen LogP) is 3.85. The Bertz CT molecular complexity index is 924. The number of para-hydroxylation sites is 1. The maximum Gasteiger partial charge on any atom is 0.167 e. The molecule has 1 aromatic carbocycles. The standard InChI is InChI=1S/C22H27N5OS/c1-28-19-11-4-3-9-17(19)21-24-25-22(20(29)18-10-5-6-12-23-18)27(21)16-15-26-13-7-2-8-14-26/h3-6,9-12,20,29H,2,7-8,13-16H2,1H3. The first kappa shape index (κ1) is 19.9. The van der Waals surface area contributed by atoms with Crippen LogP contribution in [0.3, 0.4) is 0 Å². The van der Waals surface area contributed by atoms with E-state index < -0.39 is 0 Å². The Hall–Kier alpha value is -2.38. The van der Waals surface area contributed by atoms with Crippen LogP contribution in [0.25, 0.3) is 11.4 Å². The number of ether oxygens (including phenoxy) is 1. The second-order valence-electron chi connectivity index (χ2n) is 7.29. The predicted molar refractivity (Wildman–Crippen MR) is 117 cm³/mol. The van der Waals surface area contributed by atoms with E-state index in [0.717, 1.165) is 54.8 Å². The third-order valence-electron chi connectivity index (χ3n) is 5.43. The highest BCUT2D eigenvalue weighted by molar-refractivity contribution is 7.80. The normalized spacial score (nSPS) is 15.9. The van der Waals surface area contributed by atoms with Gasteiger partial charge in [-0.1, -0.05) is 24.6 Å². The average Bonchev–Trinajstić information content (AvgIpc) is 3.22. The second kappa shape index (κ2) is 9.41. The number of piperidine rings is 1. The fourth-order valence-electron chi connectivity index (χ4n) is 3.86. The van der Waals surface area contributed by atoms with Gasteiger partial charge in [-0.05, 0) is 50.2 Å². The highest BCUT2D eigenvalue weighted by Crippen LogP contribution is 2.32. The monoisotopic (exact) mass is 409 g/mol. The van der Waals surface area contributed by atoms with Crippen LogP contribution >= 0.6 is 12.6 Å². The third-order valence-corrected chi connectivity index (χ3v) is 5.92. The minimum atomic E-state index is -0.242. The molecule has 6 nitrogen and oxygen atoms in total. The van der Waals surface area contributed by atoms with E-state index in [0.29, 0.717) is 0 Å². The molecule has 1 unspecified atom stereocenters. The Balaban J connectivity index is 1.70. The molecule has 3 aromatic rings. The van der Waals surface area contributed by atoms with Crippen molar-refractivity contribution in [1.82, 2.24) is 24.6 Å². The molecule has 152 valence electrons. The molecule has 2 aromatic heterocycles. The fraction of sp³-hybridized carbons (Fsp3) is 0.409. The van der Waals surface area contributed by atoms with Gasteiger partial charge in [0.2, 0.25) is 0 Å². The molecule has 0 amide bonds. The molecule has 0 bridgehead atoms. The highest BCUT2D eigenvalue weighted by Gasteiger charge is 2.23. The molecule has 1 saturated heterocycles. The average molecular weight is 410 g/mol. The fourth-order valence-corrected chi connectivity index (χ4v) is 4.20. The van der Waals surface area contributed by atoms with Gasteiger partial charge >= 0.3 is 0 Å². The Morgan fingerprint density at radius 1 is 1.00 bits per heavy atom. The van der Waals surface area contributed by atoms with Gasteiger partial charge in [-0.15, -0.1) is 10.2 Å². The van der Waals surface area contributed by atoms with Crippen molar-refractivity contribution in [1.29, 1.82) is 0 Å². The smallest absolute Gasteiger partial charge is 0.167 e. The number of rotatable bonds is 7. The van der Waals surface area contributed by atoms with Gasteiger partial charge in [-0.2, -0.15) is 12.6 Å². The Morgan fingerprint density at radius 2 is 1.79 bits per heavy atom. The first-order valence-electron chi connectivity index (χ1n) is 10.2. The summed E-state index contributed by atoms with van der Waals surface area (Å²) in [5.41, 5.74) is 1.81. The van der Waals surface area contributed by atoms with E-state index in [9.17, 15) is 0 Å². The molecular formula is C22H27N5OS. The maximum absolute atomic E-state index is 5.58. The highest BCUT2D eigenvalue weighted by atomic mass is 32.1. The van der Waals surface area contributed by atoms with Gasteiger partial charge in [-0.3, -0.25) is 4.98 Å². The molecule has 0 saturated carbocycles. The van der Waals surface area contributed by atoms with Crippen LogP contribution in [0, 0.1) is 0 Å². The van der Waals surface area contributed by atoms with Crippen LogP contribution < -0.4 is 4.74 Å². The minimum absolute atomic E-state index is 0.242. The number of likely N-dealkylation sites (tertiary alicyclic amines) is 1. The molecule has 0 spiro atoms. The van der Waals surface area contributed by atoms with E-state index in [4.69, 9.17) is 17.4 Å². The van der Waals surface area contributed by atoms with Crippen LogP contribution in [0.4, 0.5) is 0 Å². The van der Waals surface area contributed by atoms with Crippen molar-refractivity contribution < 1.29 is 4.74 Å². The van der Waals surface area contributed by atoms with E-state index in [1.54, 1.807) is 13.3 Å². The number of pyridine rings is 1. The molecule has 1 atom stereocenters. The number of benzene rings is 1. The molecule has 3 heterocycles. The number of nitrogens with zero attached hydrogens (tertiary/aromatic N) is 5. The molecule has 0 aliphatic carbocycles. The van der Waals surface area contributed by atoms with E-state index in [2.05, 4.69) is 24.6 Å². The summed E-state index contributed by atoms with van der Waals surface area (Å²) in [6.45, 7) is 4.09. The lowest BCUT2D eigenvalue weighted by Crippen LogP contribution is -2.33. The summed E-state index contributed by atoms with van der Waals surface area (Å²) in [5, 5.41) is 8.83. The van der Waals surface area contributed by atoms with Gasteiger partial charge in [0.15, 0.2) is 11.6 Å². The van der Waals surface area contributed by atoms with Crippen molar-refractivity contribution in [3.8, 4) is 17.1 Å². The Kier molecular flexibility index (Phi) is 6.46. The summed E-state index contributed by atoms with van der Waals surface area (Å²) in [4.78, 5) is 6.99. The summed E-state index contributed by atoms with van der Waals surface area (Å²) >= 11 is 4.84. The lowest BCUT2D eigenvalue weighted by Gasteiger charge is -2.27. The molecule has 0 N–H and O–H groups in total. The topological polar surface area (TPSA) is 56.1 Å². The lowest BCUT2D eigenvalue weighted by atomic mass is 10.1. The zero-order valence-electron chi connectivity index (χ0n) is 16.7. The van der Waals surface area contributed by atoms with Crippen LogP contribution in [0.15, 0.2) is 48.7 Å². The summed E-state index contributed by atoms with van der Waals surface area (Å²) in [6.07, 6.45) is 5.67. The molecular weight excluding hydrogens is 382 g/mol. The van der Waals surface area contributed by atoms with Crippen molar-refractivity contribution in [2.75, 3.05) is 26.7 Å². The maximum atomic E-state index is 5.58. The SMILES string of the molecule is COc1ccccc1-c1nnc(C(S)c2ccccn2)n1CCN1CCCCC1. The van der Waals surface area contributed by atoms with Gasteiger partial charge < -0.3 is 14.2 Å². The zero-order valence-corrected chi connectivity index (χ0v) is 17.6. The van der Waals surface area contributed by atoms with E-state index in [1.165, 1.54) is 19.3 Å². The van der Waals surface area contributed by atoms with E-state index >= 15 is 0 Å². The molecule has 29 heavy (non-hydrogen) atoms. The number of hydrogen-bond acceptors (Lipinski definition) is 6. The molecule has 7 heteroatoms. The van der Waals surface area contributed by atoms with Crippen molar-refractivity contribution in [3.63, 3.8) is 0 Å². The Morgan fingerprint density at radius 3 is 2.55 bits per heavy atom.